The van der Waals surface area contributed by atoms with Gasteiger partial charge in [-0.3, -0.25) is 4.79 Å². The first-order valence-corrected chi connectivity index (χ1v) is 8.58. The monoisotopic (exact) mass is 370 g/mol. The summed E-state index contributed by atoms with van der Waals surface area (Å²) in [6.45, 7) is 2.64. The molecular weight excluding hydrogens is 348 g/mol. The average molecular weight is 370 g/mol. The zero-order chi connectivity index (χ0) is 19.6. The first-order valence-electron chi connectivity index (χ1n) is 8.58. The molecule has 27 heavy (non-hydrogen) atoms. The minimum Gasteiger partial charge on any atom is -0.493 e. The van der Waals surface area contributed by atoms with Gasteiger partial charge in [0.15, 0.2) is 17.5 Å². The molecule has 0 fully saturated rings. The van der Waals surface area contributed by atoms with Crippen LogP contribution in [0.1, 0.15) is 40.4 Å². The molecule has 2 atom stereocenters. The van der Waals surface area contributed by atoms with E-state index in [0.717, 1.165) is 5.56 Å². The molecule has 1 aliphatic heterocycles. The fourth-order valence-electron chi connectivity index (χ4n) is 3.21. The van der Waals surface area contributed by atoms with Gasteiger partial charge in [0.1, 0.15) is 0 Å². The van der Waals surface area contributed by atoms with Gasteiger partial charge in [0.25, 0.3) is 5.91 Å². The maximum atomic E-state index is 12.1. The topological polar surface area (TPSA) is 96.9 Å². The van der Waals surface area contributed by atoms with Crippen molar-refractivity contribution in [1.29, 1.82) is 0 Å². The Morgan fingerprint density at radius 3 is 2.59 bits per heavy atom. The lowest BCUT2D eigenvalue weighted by Crippen LogP contribution is -2.34. The molecule has 0 spiro atoms. The summed E-state index contributed by atoms with van der Waals surface area (Å²) in [4.78, 5) is 24.0. The standard InChI is InChI=1S/C20H22N2O5/c1-11-10-21-19(23)15-9-13(5-6-14(11)15)22-18(20(24)25)12-4-7-16(26-2)17(8-12)27-3/h4-9,11,18,22H,10H2,1-3H3,(H,21,23)(H,24,25)/t11-,18?/m0/s1. The average Bonchev–Trinajstić information content (AvgIpc) is 2.68. The second kappa shape index (κ2) is 7.57. The van der Waals surface area contributed by atoms with E-state index in [1.165, 1.54) is 14.2 Å². The number of methoxy groups -OCH3 is 2. The SMILES string of the molecule is COc1ccc(C(Nc2ccc3c(c2)C(=O)NC[C@@H]3C)C(=O)O)cc1OC. The highest BCUT2D eigenvalue weighted by Gasteiger charge is 2.25. The number of anilines is 1. The Balaban J connectivity index is 1.93. The Morgan fingerprint density at radius 1 is 1.19 bits per heavy atom. The molecule has 0 aromatic heterocycles. The van der Waals surface area contributed by atoms with E-state index in [1.807, 2.05) is 13.0 Å². The number of ether oxygens (including phenoxy) is 2. The molecule has 1 aliphatic rings. The van der Waals surface area contributed by atoms with E-state index >= 15 is 0 Å². The summed E-state index contributed by atoms with van der Waals surface area (Å²) in [6.07, 6.45) is 0. The molecule has 0 radical (unpaired) electrons. The molecule has 0 bridgehead atoms. The van der Waals surface area contributed by atoms with Crippen LogP contribution < -0.4 is 20.1 Å². The predicted octanol–water partition coefficient (Wildman–Crippen LogP) is 2.79. The van der Waals surface area contributed by atoms with Crippen LogP contribution in [0.4, 0.5) is 5.69 Å². The third-order valence-corrected chi connectivity index (χ3v) is 4.70. The molecule has 1 heterocycles. The zero-order valence-electron chi connectivity index (χ0n) is 15.4. The van der Waals surface area contributed by atoms with Crippen molar-refractivity contribution in [2.45, 2.75) is 18.9 Å². The quantitative estimate of drug-likeness (QED) is 0.723. The predicted molar refractivity (Wildman–Crippen MR) is 101 cm³/mol. The van der Waals surface area contributed by atoms with E-state index < -0.39 is 12.0 Å². The summed E-state index contributed by atoms with van der Waals surface area (Å²) in [6, 6.07) is 9.30. The number of carbonyl (C=O) groups excluding carboxylic acids is 1. The number of fused-ring (bicyclic) bond motifs is 1. The summed E-state index contributed by atoms with van der Waals surface area (Å²) in [5.74, 6) is -0.0121. The molecule has 7 heteroatoms. The number of hydrogen-bond donors (Lipinski definition) is 3. The Bertz CT molecular complexity index is 881. The number of carboxylic acid groups (broad SMARTS) is 1. The van der Waals surface area contributed by atoms with E-state index in [9.17, 15) is 14.7 Å². The first kappa shape index (κ1) is 18.6. The van der Waals surface area contributed by atoms with Crippen molar-refractivity contribution in [2.24, 2.45) is 0 Å². The van der Waals surface area contributed by atoms with Gasteiger partial charge < -0.3 is 25.2 Å². The van der Waals surface area contributed by atoms with Crippen molar-refractivity contribution in [3.63, 3.8) is 0 Å². The van der Waals surface area contributed by atoms with Crippen LogP contribution in [0, 0.1) is 0 Å². The third-order valence-electron chi connectivity index (χ3n) is 4.70. The number of amides is 1. The van der Waals surface area contributed by atoms with E-state index in [1.54, 1.807) is 30.3 Å². The molecule has 7 nitrogen and oxygen atoms in total. The molecule has 0 saturated carbocycles. The van der Waals surface area contributed by atoms with Gasteiger partial charge in [0, 0.05) is 17.8 Å². The van der Waals surface area contributed by atoms with Crippen LogP contribution in [0.3, 0.4) is 0 Å². The normalized spacial score (nSPS) is 16.7. The Kier molecular flexibility index (Phi) is 5.21. The summed E-state index contributed by atoms with van der Waals surface area (Å²) >= 11 is 0. The van der Waals surface area contributed by atoms with Gasteiger partial charge in [-0.25, -0.2) is 4.79 Å². The molecule has 0 aliphatic carbocycles. The van der Waals surface area contributed by atoms with E-state index in [-0.39, 0.29) is 11.8 Å². The van der Waals surface area contributed by atoms with E-state index in [4.69, 9.17) is 9.47 Å². The van der Waals surface area contributed by atoms with Gasteiger partial charge in [-0.2, -0.15) is 0 Å². The maximum Gasteiger partial charge on any atom is 0.330 e. The fraction of sp³-hybridized carbons (Fsp3) is 0.300. The number of aliphatic carboxylic acids is 1. The van der Waals surface area contributed by atoms with Crippen molar-refractivity contribution in [1.82, 2.24) is 5.32 Å². The van der Waals surface area contributed by atoms with Crippen molar-refractivity contribution < 1.29 is 24.2 Å². The summed E-state index contributed by atoms with van der Waals surface area (Å²) in [5, 5.41) is 15.5. The number of carbonyl (C=O) groups is 2. The van der Waals surface area contributed by atoms with Gasteiger partial charge in [-0.05, 0) is 41.3 Å². The minimum absolute atomic E-state index is 0.148. The molecule has 3 rings (SSSR count). The lowest BCUT2D eigenvalue weighted by atomic mass is 9.91. The number of rotatable bonds is 6. The smallest absolute Gasteiger partial charge is 0.330 e. The molecule has 0 saturated heterocycles. The summed E-state index contributed by atoms with van der Waals surface area (Å²) < 4.78 is 10.5. The molecule has 1 unspecified atom stereocenters. The second-order valence-electron chi connectivity index (χ2n) is 6.44. The van der Waals surface area contributed by atoms with Gasteiger partial charge in [-0.15, -0.1) is 0 Å². The van der Waals surface area contributed by atoms with Gasteiger partial charge in [-0.1, -0.05) is 19.1 Å². The highest BCUT2D eigenvalue weighted by atomic mass is 16.5. The van der Waals surface area contributed by atoms with Crippen LogP contribution in [-0.2, 0) is 4.79 Å². The van der Waals surface area contributed by atoms with Gasteiger partial charge in [0.05, 0.1) is 14.2 Å². The van der Waals surface area contributed by atoms with Crippen LogP contribution >= 0.6 is 0 Å². The summed E-state index contributed by atoms with van der Waals surface area (Å²) in [7, 11) is 3.01. The number of carboxylic acids is 1. The van der Waals surface area contributed by atoms with Crippen molar-refractivity contribution in [2.75, 3.05) is 26.1 Å². The molecular formula is C20H22N2O5. The maximum absolute atomic E-state index is 12.1. The molecule has 3 N–H and O–H groups in total. The minimum atomic E-state index is -1.04. The Hall–Kier alpha value is -3.22. The summed E-state index contributed by atoms with van der Waals surface area (Å²) in [5.41, 5.74) is 2.59. The van der Waals surface area contributed by atoms with Crippen LogP contribution in [0.5, 0.6) is 11.5 Å². The lowest BCUT2D eigenvalue weighted by Gasteiger charge is -2.24. The lowest BCUT2D eigenvalue weighted by molar-refractivity contribution is -0.138. The van der Waals surface area contributed by atoms with Crippen LogP contribution in [-0.4, -0.2) is 37.7 Å². The molecule has 142 valence electrons. The van der Waals surface area contributed by atoms with E-state index in [2.05, 4.69) is 10.6 Å². The van der Waals surface area contributed by atoms with Gasteiger partial charge in [0.2, 0.25) is 0 Å². The Morgan fingerprint density at radius 2 is 1.93 bits per heavy atom. The highest BCUT2D eigenvalue weighted by Crippen LogP contribution is 2.32. The van der Waals surface area contributed by atoms with E-state index in [0.29, 0.717) is 34.9 Å². The zero-order valence-corrected chi connectivity index (χ0v) is 15.4. The number of hydrogen-bond acceptors (Lipinski definition) is 5. The number of benzene rings is 2. The molecule has 2 aromatic carbocycles. The van der Waals surface area contributed by atoms with Crippen molar-refractivity contribution >= 4 is 17.6 Å². The number of nitrogens with one attached hydrogen (secondary N) is 2. The van der Waals surface area contributed by atoms with Crippen LogP contribution in [0.15, 0.2) is 36.4 Å². The van der Waals surface area contributed by atoms with Crippen LogP contribution in [0.25, 0.3) is 0 Å². The molecule has 2 aromatic rings. The molecule has 1 amide bonds. The van der Waals surface area contributed by atoms with Crippen molar-refractivity contribution in [3.8, 4) is 11.5 Å². The third kappa shape index (κ3) is 3.67. The highest BCUT2D eigenvalue weighted by molar-refractivity contribution is 5.98. The largest absolute Gasteiger partial charge is 0.493 e. The first-order chi connectivity index (χ1) is 12.9. The fourth-order valence-corrected chi connectivity index (χ4v) is 3.21. The Labute approximate surface area is 157 Å². The second-order valence-corrected chi connectivity index (χ2v) is 6.44. The van der Waals surface area contributed by atoms with Crippen LogP contribution in [0.2, 0.25) is 0 Å². The van der Waals surface area contributed by atoms with Gasteiger partial charge >= 0.3 is 5.97 Å². The van der Waals surface area contributed by atoms with Crippen molar-refractivity contribution in [3.05, 3.63) is 53.1 Å².